The van der Waals surface area contributed by atoms with Gasteiger partial charge in [-0.15, -0.1) is 0 Å². The number of benzene rings is 1. The van der Waals surface area contributed by atoms with E-state index in [-0.39, 0.29) is 12.1 Å². The van der Waals surface area contributed by atoms with Gasteiger partial charge in [0.05, 0.1) is 12.1 Å². The zero-order chi connectivity index (χ0) is 13.9. The summed E-state index contributed by atoms with van der Waals surface area (Å²) < 4.78 is 0. The predicted octanol–water partition coefficient (Wildman–Crippen LogP) is 1.35. The van der Waals surface area contributed by atoms with Gasteiger partial charge in [-0.05, 0) is 31.4 Å². The highest BCUT2D eigenvalue weighted by atomic mass is 16.4. The molecule has 5 heteroatoms. The van der Waals surface area contributed by atoms with E-state index in [4.69, 9.17) is 5.11 Å². The summed E-state index contributed by atoms with van der Waals surface area (Å²) in [5, 5.41) is 9.17. The maximum atomic E-state index is 11.1. The van der Waals surface area contributed by atoms with Gasteiger partial charge in [-0.1, -0.05) is 30.3 Å². The molecule has 0 aliphatic carbocycles. The summed E-state index contributed by atoms with van der Waals surface area (Å²) in [6.07, 6.45) is 2.96. The highest BCUT2D eigenvalue weighted by molar-refractivity contribution is 5.70. The molecule has 0 saturated carbocycles. The lowest BCUT2D eigenvalue weighted by molar-refractivity contribution is -0.144. The van der Waals surface area contributed by atoms with E-state index in [0.717, 1.165) is 25.8 Å². The van der Waals surface area contributed by atoms with Crippen LogP contribution in [0.4, 0.5) is 0 Å². The van der Waals surface area contributed by atoms with Gasteiger partial charge in [0.25, 0.3) is 0 Å². The van der Waals surface area contributed by atoms with Crippen LogP contribution in [0.15, 0.2) is 30.3 Å². The van der Waals surface area contributed by atoms with Crippen LogP contribution in [0.5, 0.6) is 0 Å². The second-order valence-corrected chi connectivity index (χ2v) is 5.68. The van der Waals surface area contributed by atoms with Gasteiger partial charge < -0.3 is 5.11 Å². The van der Waals surface area contributed by atoms with Crippen LogP contribution in [0, 0.1) is 5.92 Å². The fourth-order valence-electron chi connectivity index (χ4n) is 3.17. The van der Waals surface area contributed by atoms with Crippen molar-refractivity contribution >= 4 is 5.97 Å². The number of likely N-dealkylation sites (tertiary alicyclic amines) is 1. The van der Waals surface area contributed by atoms with Crippen LogP contribution >= 0.6 is 0 Å². The average molecular weight is 275 g/mol. The predicted molar refractivity (Wildman–Crippen MR) is 75.8 cm³/mol. The largest absolute Gasteiger partial charge is 0.481 e. The number of hydrazine groups is 1. The van der Waals surface area contributed by atoms with E-state index in [2.05, 4.69) is 27.9 Å². The molecule has 0 aromatic heterocycles. The van der Waals surface area contributed by atoms with Crippen LogP contribution in [0.1, 0.15) is 30.9 Å². The van der Waals surface area contributed by atoms with Gasteiger partial charge in [0, 0.05) is 12.6 Å². The zero-order valence-corrected chi connectivity index (χ0v) is 11.5. The minimum Gasteiger partial charge on any atom is -0.481 e. The number of nitrogens with zero attached hydrogens (tertiary/aromatic N) is 1. The lowest BCUT2D eigenvalue weighted by Crippen LogP contribution is -2.50. The van der Waals surface area contributed by atoms with E-state index < -0.39 is 5.97 Å². The second-order valence-electron chi connectivity index (χ2n) is 5.68. The van der Waals surface area contributed by atoms with E-state index in [9.17, 15) is 4.79 Å². The molecule has 108 valence electrons. The lowest BCUT2D eigenvalue weighted by Gasteiger charge is -2.34. The molecule has 2 aliphatic heterocycles. The first kappa shape index (κ1) is 13.5. The van der Waals surface area contributed by atoms with Crippen LogP contribution in [-0.2, 0) is 4.79 Å². The van der Waals surface area contributed by atoms with Crippen LogP contribution in [0.25, 0.3) is 0 Å². The summed E-state index contributed by atoms with van der Waals surface area (Å²) in [4.78, 5) is 13.4. The van der Waals surface area contributed by atoms with Gasteiger partial charge in [-0.2, -0.15) is 0 Å². The third-order valence-corrected chi connectivity index (χ3v) is 4.33. The van der Waals surface area contributed by atoms with Crippen molar-refractivity contribution in [1.82, 2.24) is 15.8 Å². The summed E-state index contributed by atoms with van der Waals surface area (Å²) in [5.41, 5.74) is 7.92. The monoisotopic (exact) mass is 275 g/mol. The summed E-state index contributed by atoms with van der Waals surface area (Å²) >= 11 is 0. The maximum Gasteiger partial charge on any atom is 0.307 e. The number of aliphatic carboxylic acids is 1. The van der Waals surface area contributed by atoms with Crippen molar-refractivity contribution in [3.05, 3.63) is 35.9 Å². The summed E-state index contributed by atoms with van der Waals surface area (Å²) in [6.45, 7) is 1.63. The Morgan fingerprint density at radius 2 is 2.05 bits per heavy atom. The number of carboxylic acids is 1. The zero-order valence-electron chi connectivity index (χ0n) is 11.5. The first-order chi connectivity index (χ1) is 9.74. The first-order valence-electron chi connectivity index (χ1n) is 7.27. The molecule has 3 atom stereocenters. The number of rotatable bonds is 3. The van der Waals surface area contributed by atoms with Crippen molar-refractivity contribution in [1.29, 1.82) is 0 Å². The molecule has 0 radical (unpaired) electrons. The molecule has 2 fully saturated rings. The highest BCUT2D eigenvalue weighted by Crippen LogP contribution is 2.26. The fourth-order valence-corrected chi connectivity index (χ4v) is 3.17. The quantitative estimate of drug-likeness (QED) is 0.777. The van der Waals surface area contributed by atoms with Crippen molar-refractivity contribution in [2.45, 2.75) is 31.5 Å². The maximum absolute atomic E-state index is 11.1. The van der Waals surface area contributed by atoms with Gasteiger partial charge in [0.15, 0.2) is 0 Å². The van der Waals surface area contributed by atoms with Crippen LogP contribution in [-0.4, -0.2) is 35.2 Å². The van der Waals surface area contributed by atoms with Gasteiger partial charge in [-0.3, -0.25) is 9.69 Å². The van der Waals surface area contributed by atoms with Crippen molar-refractivity contribution < 1.29 is 9.90 Å². The van der Waals surface area contributed by atoms with E-state index in [0.29, 0.717) is 12.6 Å². The summed E-state index contributed by atoms with van der Waals surface area (Å²) in [6, 6.07) is 10.7. The Morgan fingerprint density at radius 1 is 1.25 bits per heavy atom. The third kappa shape index (κ3) is 2.85. The fraction of sp³-hybridized carbons (Fsp3) is 0.533. The molecule has 1 aromatic rings. The van der Waals surface area contributed by atoms with Crippen molar-refractivity contribution in [3.63, 3.8) is 0 Å². The SMILES string of the molecule is O=C(O)C1CCCN(C2CC(c3ccccc3)NN2)C1. The Kier molecular flexibility index (Phi) is 4.00. The van der Waals surface area contributed by atoms with E-state index in [1.165, 1.54) is 5.56 Å². The number of carbonyl (C=O) groups is 1. The number of hydrogen-bond donors (Lipinski definition) is 3. The average Bonchev–Trinajstić information content (AvgIpc) is 2.98. The molecule has 1 aromatic carbocycles. The number of piperidine rings is 1. The Balaban J connectivity index is 1.61. The van der Waals surface area contributed by atoms with Crippen LogP contribution in [0.3, 0.4) is 0 Å². The molecular weight excluding hydrogens is 254 g/mol. The molecule has 20 heavy (non-hydrogen) atoms. The Morgan fingerprint density at radius 3 is 2.80 bits per heavy atom. The summed E-state index contributed by atoms with van der Waals surface area (Å²) in [7, 11) is 0. The molecule has 5 nitrogen and oxygen atoms in total. The molecule has 2 saturated heterocycles. The third-order valence-electron chi connectivity index (χ3n) is 4.33. The Hall–Kier alpha value is -1.43. The van der Waals surface area contributed by atoms with Gasteiger partial charge in [-0.25, -0.2) is 10.9 Å². The Labute approximate surface area is 118 Å². The van der Waals surface area contributed by atoms with Crippen molar-refractivity contribution in [3.8, 4) is 0 Å². The normalized spacial score (nSPS) is 31.3. The van der Waals surface area contributed by atoms with Gasteiger partial charge in [0.1, 0.15) is 0 Å². The molecule has 2 heterocycles. The molecular formula is C15H21N3O2. The minimum absolute atomic E-state index is 0.221. The Bertz CT molecular complexity index is 465. The van der Waals surface area contributed by atoms with Gasteiger partial charge in [0.2, 0.25) is 0 Å². The van der Waals surface area contributed by atoms with Gasteiger partial charge >= 0.3 is 5.97 Å². The highest BCUT2D eigenvalue weighted by Gasteiger charge is 2.34. The molecule has 0 bridgehead atoms. The smallest absolute Gasteiger partial charge is 0.307 e. The second kappa shape index (κ2) is 5.91. The lowest BCUT2D eigenvalue weighted by atomic mass is 9.97. The molecule has 0 amide bonds. The van der Waals surface area contributed by atoms with Crippen LogP contribution < -0.4 is 10.9 Å². The minimum atomic E-state index is -0.666. The van der Waals surface area contributed by atoms with Crippen LogP contribution in [0.2, 0.25) is 0 Å². The van der Waals surface area contributed by atoms with E-state index in [1.807, 2.05) is 18.2 Å². The van der Waals surface area contributed by atoms with Crippen molar-refractivity contribution in [2.75, 3.05) is 13.1 Å². The molecule has 3 unspecified atom stereocenters. The molecule has 0 spiro atoms. The van der Waals surface area contributed by atoms with E-state index in [1.54, 1.807) is 0 Å². The van der Waals surface area contributed by atoms with E-state index >= 15 is 0 Å². The number of nitrogens with one attached hydrogen (secondary N) is 2. The van der Waals surface area contributed by atoms with Crippen molar-refractivity contribution in [2.24, 2.45) is 5.92 Å². The first-order valence-corrected chi connectivity index (χ1v) is 7.27. The summed E-state index contributed by atoms with van der Waals surface area (Å²) in [5.74, 6) is -0.887. The molecule has 3 rings (SSSR count). The number of carboxylic acid groups (broad SMARTS) is 1. The number of hydrogen-bond acceptors (Lipinski definition) is 4. The standard InChI is InChI=1S/C15H21N3O2/c19-15(20)12-7-4-8-18(10-12)14-9-13(16-17-14)11-5-2-1-3-6-11/h1-3,5-6,12-14,16-17H,4,7-10H2,(H,19,20). The topological polar surface area (TPSA) is 64.6 Å². The molecule has 3 N–H and O–H groups in total. The molecule has 2 aliphatic rings.